The quantitative estimate of drug-likeness (QED) is 0.793. The van der Waals surface area contributed by atoms with Crippen molar-refractivity contribution in [1.29, 1.82) is 0 Å². The van der Waals surface area contributed by atoms with E-state index >= 15 is 0 Å². The monoisotopic (exact) mass is 273 g/mol. The molecule has 3 N–H and O–H groups in total. The molecule has 2 heterocycles. The zero-order valence-corrected chi connectivity index (χ0v) is 11.3. The number of carbonyl (C=O) groups excluding carboxylic acids is 1. The lowest BCUT2D eigenvalue weighted by molar-refractivity contribution is 0.237. The van der Waals surface area contributed by atoms with Gasteiger partial charge in [-0.3, -0.25) is 0 Å². The summed E-state index contributed by atoms with van der Waals surface area (Å²) in [6, 6.07) is 10.1. The molecule has 0 unspecified atom stereocenters. The van der Waals surface area contributed by atoms with Crippen LogP contribution in [0.4, 0.5) is 4.79 Å². The van der Waals surface area contributed by atoms with Gasteiger partial charge in [-0.1, -0.05) is 18.2 Å². The fraction of sp³-hybridized carbons (Fsp3) is 0.400. The van der Waals surface area contributed by atoms with Crippen molar-refractivity contribution in [3.8, 4) is 0 Å². The largest absolute Gasteiger partial charge is 0.461 e. The van der Waals surface area contributed by atoms with Crippen molar-refractivity contribution in [3.63, 3.8) is 0 Å². The molecule has 0 saturated carbocycles. The Morgan fingerprint density at radius 2 is 2.30 bits per heavy atom. The molecule has 5 heteroatoms. The number of fused-ring (bicyclic) bond motifs is 1. The molecule has 5 nitrogen and oxygen atoms in total. The van der Waals surface area contributed by atoms with Crippen molar-refractivity contribution < 1.29 is 9.21 Å². The van der Waals surface area contributed by atoms with E-state index < -0.39 is 0 Å². The minimum atomic E-state index is -0.102. The third-order valence-corrected chi connectivity index (χ3v) is 3.53. The summed E-state index contributed by atoms with van der Waals surface area (Å²) in [5.74, 6) is 0.897. The number of hydrogen-bond acceptors (Lipinski definition) is 3. The number of furan rings is 1. The molecule has 1 aliphatic rings. The van der Waals surface area contributed by atoms with Gasteiger partial charge in [0.15, 0.2) is 0 Å². The summed E-state index contributed by atoms with van der Waals surface area (Å²) >= 11 is 0. The Bertz CT molecular complexity index is 555. The van der Waals surface area contributed by atoms with Gasteiger partial charge in [0.05, 0.1) is 0 Å². The van der Waals surface area contributed by atoms with Gasteiger partial charge in [0, 0.05) is 30.9 Å². The van der Waals surface area contributed by atoms with Gasteiger partial charge in [0.25, 0.3) is 0 Å². The fourth-order valence-electron chi connectivity index (χ4n) is 2.47. The minimum absolute atomic E-state index is 0.102. The van der Waals surface area contributed by atoms with Crippen LogP contribution in [0.25, 0.3) is 11.0 Å². The normalized spacial score (nSPS) is 18.3. The maximum Gasteiger partial charge on any atom is 0.315 e. The molecule has 2 amide bonds. The number of carbonyl (C=O) groups is 1. The molecule has 0 spiro atoms. The van der Waals surface area contributed by atoms with Gasteiger partial charge in [-0.15, -0.1) is 0 Å². The molecule has 2 aromatic rings. The number of nitrogens with one attached hydrogen (secondary N) is 3. The molecule has 0 bridgehead atoms. The van der Waals surface area contributed by atoms with Crippen molar-refractivity contribution in [2.75, 3.05) is 19.6 Å². The molecule has 0 aliphatic carbocycles. The highest BCUT2D eigenvalue weighted by molar-refractivity contribution is 5.77. The molecular weight excluding hydrogens is 254 g/mol. The summed E-state index contributed by atoms with van der Waals surface area (Å²) < 4.78 is 5.70. The Labute approximate surface area is 117 Å². The Balaban J connectivity index is 1.45. The zero-order chi connectivity index (χ0) is 13.8. The fourth-order valence-corrected chi connectivity index (χ4v) is 2.47. The van der Waals surface area contributed by atoms with E-state index in [1.165, 1.54) is 0 Å². The van der Waals surface area contributed by atoms with Crippen LogP contribution in [0.15, 0.2) is 34.7 Å². The number of amides is 2. The lowest BCUT2D eigenvalue weighted by atomic mass is 10.2. The van der Waals surface area contributed by atoms with E-state index in [1.807, 2.05) is 30.3 Å². The van der Waals surface area contributed by atoms with E-state index in [1.54, 1.807) is 0 Å². The molecule has 1 aliphatic heterocycles. The van der Waals surface area contributed by atoms with Gasteiger partial charge in [-0.05, 0) is 25.1 Å². The topological polar surface area (TPSA) is 66.3 Å². The summed E-state index contributed by atoms with van der Waals surface area (Å²) in [5, 5.41) is 10.1. The molecule has 1 atom stereocenters. The molecule has 1 aromatic heterocycles. The van der Waals surface area contributed by atoms with E-state index in [4.69, 9.17) is 4.42 Å². The Kier molecular flexibility index (Phi) is 3.87. The maximum absolute atomic E-state index is 11.7. The first-order chi connectivity index (χ1) is 9.81. The lowest BCUT2D eigenvalue weighted by Gasteiger charge is -2.11. The summed E-state index contributed by atoms with van der Waals surface area (Å²) in [6.07, 6.45) is 1.70. The van der Waals surface area contributed by atoms with Gasteiger partial charge < -0.3 is 20.4 Å². The predicted molar refractivity (Wildman–Crippen MR) is 77.7 cm³/mol. The van der Waals surface area contributed by atoms with E-state index in [9.17, 15) is 4.79 Å². The Morgan fingerprint density at radius 3 is 3.10 bits per heavy atom. The van der Waals surface area contributed by atoms with E-state index in [0.29, 0.717) is 13.0 Å². The Morgan fingerprint density at radius 1 is 1.40 bits per heavy atom. The van der Waals surface area contributed by atoms with Crippen LogP contribution >= 0.6 is 0 Å². The number of rotatable bonds is 4. The molecule has 106 valence electrons. The highest BCUT2D eigenvalue weighted by atomic mass is 16.3. The Hall–Kier alpha value is -2.01. The van der Waals surface area contributed by atoms with Crippen molar-refractivity contribution in [2.24, 2.45) is 0 Å². The second-order valence-electron chi connectivity index (χ2n) is 5.09. The first kappa shape index (κ1) is 13.0. The SMILES string of the molecule is O=C(NCCc1cc2ccccc2o1)N[C@H]1CCNC1. The van der Waals surface area contributed by atoms with Crippen LogP contribution in [-0.2, 0) is 6.42 Å². The number of urea groups is 1. The van der Waals surface area contributed by atoms with Gasteiger partial charge >= 0.3 is 6.03 Å². The van der Waals surface area contributed by atoms with E-state index in [0.717, 1.165) is 36.2 Å². The molecular formula is C15H19N3O2. The average Bonchev–Trinajstić information content (AvgIpc) is 3.07. The smallest absolute Gasteiger partial charge is 0.315 e. The first-order valence-corrected chi connectivity index (χ1v) is 7.04. The summed E-state index contributed by atoms with van der Waals surface area (Å²) in [4.78, 5) is 11.7. The predicted octanol–water partition coefficient (Wildman–Crippen LogP) is 1.64. The molecule has 1 fully saturated rings. The van der Waals surface area contributed by atoms with E-state index in [-0.39, 0.29) is 12.1 Å². The van der Waals surface area contributed by atoms with Crippen LogP contribution < -0.4 is 16.0 Å². The van der Waals surface area contributed by atoms with Crippen LogP contribution in [0.2, 0.25) is 0 Å². The molecule has 20 heavy (non-hydrogen) atoms. The zero-order valence-electron chi connectivity index (χ0n) is 11.3. The minimum Gasteiger partial charge on any atom is -0.461 e. The van der Waals surface area contributed by atoms with Crippen molar-refractivity contribution in [2.45, 2.75) is 18.9 Å². The number of hydrogen-bond donors (Lipinski definition) is 3. The number of benzene rings is 1. The summed E-state index contributed by atoms with van der Waals surface area (Å²) in [5.41, 5.74) is 0.893. The maximum atomic E-state index is 11.7. The molecule has 0 radical (unpaired) electrons. The van der Waals surface area contributed by atoms with Crippen molar-refractivity contribution >= 4 is 17.0 Å². The third kappa shape index (κ3) is 3.11. The first-order valence-electron chi connectivity index (χ1n) is 7.04. The molecule has 1 aromatic carbocycles. The molecule has 1 saturated heterocycles. The average molecular weight is 273 g/mol. The van der Waals surface area contributed by atoms with Crippen LogP contribution in [0.3, 0.4) is 0 Å². The van der Waals surface area contributed by atoms with Crippen LogP contribution in [0, 0.1) is 0 Å². The van der Waals surface area contributed by atoms with Gasteiger partial charge in [0.1, 0.15) is 11.3 Å². The van der Waals surface area contributed by atoms with Gasteiger partial charge in [-0.25, -0.2) is 4.79 Å². The third-order valence-electron chi connectivity index (χ3n) is 3.53. The van der Waals surface area contributed by atoms with Crippen LogP contribution in [0.1, 0.15) is 12.2 Å². The highest BCUT2D eigenvalue weighted by Gasteiger charge is 2.16. The lowest BCUT2D eigenvalue weighted by Crippen LogP contribution is -2.43. The summed E-state index contributed by atoms with van der Waals surface area (Å²) in [7, 11) is 0. The van der Waals surface area contributed by atoms with Crippen LogP contribution in [-0.4, -0.2) is 31.7 Å². The second-order valence-corrected chi connectivity index (χ2v) is 5.09. The highest BCUT2D eigenvalue weighted by Crippen LogP contribution is 2.18. The van der Waals surface area contributed by atoms with Gasteiger partial charge in [0.2, 0.25) is 0 Å². The standard InChI is InChI=1S/C15H19N3O2/c19-15(18-12-5-7-16-10-12)17-8-6-13-9-11-3-1-2-4-14(11)20-13/h1-4,9,12,16H,5-8,10H2,(H2,17,18,19)/t12-/m0/s1. The van der Waals surface area contributed by atoms with Gasteiger partial charge in [-0.2, -0.15) is 0 Å². The summed E-state index contributed by atoms with van der Waals surface area (Å²) in [6.45, 7) is 2.41. The second kappa shape index (κ2) is 5.96. The molecule has 3 rings (SSSR count). The van der Waals surface area contributed by atoms with Crippen molar-refractivity contribution in [3.05, 3.63) is 36.1 Å². The van der Waals surface area contributed by atoms with E-state index in [2.05, 4.69) is 16.0 Å². The van der Waals surface area contributed by atoms with Crippen molar-refractivity contribution in [1.82, 2.24) is 16.0 Å². The van der Waals surface area contributed by atoms with Crippen LogP contribution in [0.5, 0.6) is 0 Å². The number of para-hydroxylation sites is 1.